The van der Waals surface area contributed by atoms with Gasteiger partial charge in [-0.3, -0.25) is 0 Å². The Hall–Kier alpha value is -2.75. The molecule has 4 heteroatoms. The van der Waals surface area contributed by atoms with Crippen LogP contribution in [0.3, 0.4) is 0 Å². The first-order valence-electron chi connectivity index (χ1n) is 7.15. The second kappa shape index (κ2) is 5.22. The predicted octanol–water partition coefficient (Wildman–Crippen LogP) is 3.71. The van der Waals surface area contributed by atoms with Gasteiger partial charge in [-0.15, -0.1) is 0 Å². The Morgan fingerprint density at radius 3 is 2.41 bits per heavy atom. The molecule has 0 unspecified atom stereocenters. The van der Waals surface area contributed by atoms with Crippen LogP contribution < -0.4 is 16.2 Å². The van der Waals surface area contributed by atoms with Gasteiger partial charge in [-0.1, -0.05) is 24.3 Å². The summed E-state index contributed by atoms with van der Waals surface area (Å²) in [5, 5.41) is 1.99. The molecule has 0 bridgehead atoms. The topological polar surface area (TPSA) is 74.2 Å². The summed E-state index contributed by atoms with van der Waals surface area (Å²) in [5.74, 6) is 1.28. The van der Waals surface area contributed by atoms with Gasteiger partial charge in [-0.05, 0) is 43.7 Å². The molecule has 4 nitrogen and oxygen atoms in total. The van der Waals surface area contributed by atoms with E-state index in [0.717, 1.165) is 27.8 Å². The largest absolute Gasteiger partial charge is 0.483 e. The number of ether oxygens (including phenoxy) is 1. The summed E-state index contributed by atoms with van der Waals surface area (Å²) in [7, 11) is 0. The van der Waals surface area contributed by atoms with Gasteiger partial charge in [-0.25, -0.2) is 4.98 Å². The third-order valence-electron chi connectivity index (χ3n) is 3.76. The second-order valence-electron chi connectivity index (χ2n) is 5.78. The van der Waals surface area contributed by atoms with Gasteiger partial charge in [0, 0.05) is 22.7 Å². The lowest BCUT2D eigenvalue weighted by Gasteiger charge is -2.28. The molecule has 0 radical (unpaired) electrons. The number of benzene rings is 2. The number of nitrogens with zero attached hydrogens (tertiary/aromatic N) is 1. The van der Waals surface area contributed by atoms with E-state index in [-0.39, 0.29) is 0 Å². The highest BCUT2D eigenvalue weighted by Crippen LogP contribution is 2.35. The van der Waals surface area contributed by atoms with Crippen LogP contribution in [0.2, 0.25) is 0 Å². The quantitative estimate of drug-likeness (QED) is 0.722. The zero-order valence-electron chi connectivity index (χ0n) is 12.7. The Morgan fingerprint density at radius 1 is 0.955 bits per heavy atom. The van der Waals surface area contributed by atoms with Crippen LogP contribution in [0.25, 0.3) is 10.8 Å². The molecule has 0 atom stereocenters. The van der Waals surface area contributed by atoms with E-state index in [1.54, 1.807) is 6.20 Å². The summed E-state index contributed by atoms with van der Waals surface area (Å²) < 4.78 is 6.27. The van der Waals surface area contributed by atoms with Crippen LogP contribution in [0.4, 0.5) is 11.5 Å². The lowest BCUT2D eigenvalue weighted by molar-refractivity contribution is 0.111. The van der Waals surface area contributed by atoms with Crippen molar-refractivity contribution in [1.82, 2.24) is 4.98 Å². The molecule has 3 aromatic rings. The summed E-state index contributed by atoms with van der Waals surface area (Å²) in [5.41, 5.74) is 13.0. The molecule has 1 heterocycles. The number of hydrogen-bond acceptors (Lipinski definition) is 4. The maximum Gasteiger partial charge on any atom is 0.129 e. The molecule has 2 aromatic carbocycles. The Bertz CT molecular complexity index is 827. The van der Waals surface area contributed by atoms with Crippen molar-refractivity contribution in [2.45, 2.75) is 19.4 Å². The summed E-state index contributed by atoms with van der Waals surface area (Å²) >= 11 is 0. The van der Waals surface area contributed by atoms with Gasteiger partial charge in [0.1, 0.15) is 17.2 Å². The molecule has 0 amide bonds. The van der Waals surface area contributed by atoms with E-state index in [2.05, 4.69) is 4.98 Å². The first kappa shape index (κ1) is 14.2. The summed E-state index contributed by atoms with van der Waals surface area (Å²) in [4.78, 5) is 4.03. The molecule has 1 aromatic heterocycles. The number of anilines is 2. The van der Waals surface area contributed by atoms with E-state index in [4.69, 9.17) is 16.2 Å². The van der Waals surface area contributed by atoms with Crippen LogP contribution in [0.15, 0.2) is 54.7 Å². The maximum absolute atomic E-state index is 6.27. The summed E-state index contributed by atoms with van der Waals surface area (Å²) in [6.07, 6.45) is 1.69. The molecule has 22 heavy (non-hydrogen) atoms. The predicted molar refractivity (Wildman–Crippen MR) is 90.7 cm³/mol. The van der Waals surface area contributed by atoms with Crippen molar-refractivity contribution in [1.29, 1.82) is 0 Å². The minimum Gasteiger partial charge on any atom is -0.483 e. The van der Waals surface area contributed by atoms with Gasteiger partial charge in [-0.2, -0.15) is 0 Å². The molecule has 0 fully saturated rings. The highest BCUT2D eigenvalue weighted by molar-refractivity contribution is 5.97. The van der Waals surface area contributed by atoms with Crippen molar-refractivity contribution in [3.8, 4) is 5.75 Å². The van der Waals surface area contributed by atoms with E-state index < -0.39 is 5.60 Å². The zero-order chi connectivity index (χ0) is 15.7. The number of hydrogen-bond donors (Lipinski definition) is 2. The fraction of sp³-hybridized carbons (Fsp3) is 0.167. The van der Waals surface area contributed by atoms with Gasteiger partial charge in [0.05, 0.1) is 0 Å². The molecule has 4 N–H and O–H groups in total. The van der Waals surface area contributed by atoms with Gasteiger partial charge in [0.25, 0.3) is 0 Å². The van der Waals surface area contributed by atoms with Crippen molar-refractivity contribution in [2.24, 2.45) is 0 Å². The van der Waals surface area contributed by atoms with Gasteiger partial charge in [0.15, 0.2) is 0 Å². The van der Waals surface area contributed by atoms with Gasteiger partial charge >= 0.3 is 0 Å². The Labute approximate surface area is 129 Å². The van der Waals surface area contributed by atoms with Crippen LogP contribution in [0.1, 0.15) is 19.4 Å². The number of nitrogens with two attached hydrogens (primary N) is 2. The highest BCUT2D eigenvalue weighted by atomic mass is 16.5. The van der Waals surface area contributed by atoms with Crippen LogP contribution in [-0.2, 0) is 5.60 Å². The zero-order valence-corrected chi connectivity index (χ0v) is 12.7. The molecule has 0 saturated carbocycles. The summed E-state index contributed by atoms with van der Waals surface area (Å²) in [6, 6.07) is 15.5. The molecular weight excluding hydrogens is 274 g/mol. The SMILES string of the molecule is CC(C)(Oc1ccc(N)c2ccccc12)c1ccnc(N)c1. The standard InChI is InChI=1S/C18H19N3O/c1-18(2,12-9-10-21-17(20)11-12)22-16-8-7-15(19)13-5-3-4-6-14(13)16/h3-11H,19H2,1-2H3,(H2,20,21). The lowest BCUT2D eigenvalue weighted by atomic mass is 9.98. The minimum atomic E-state index is -0.532. The molecule has 0 aliphatic rings. The van der Waals surface area contributed by atoms with E-state index in [1.807, 2.05) is 62.4 Å². The number of rotatable bonds is 3. The maximum atomic E-state index is 6.27. The third kappa shape index (κ3) is 2.55. The summed E-state index contributed by atoms with van der Waals surface area (Å²) in [6.45, 7) is 4.01. The second-order valence-corrected chi connectivity index (χ2v) is 5.78. The third-order valence-corrected chi connectivity index (χ3v) is 3.76. The Balaban J connectivity index is 2.04. The minimum absolute atomic E-state index is 0.483. The van der Waals surface area contributed by atoms with E-state index in [0.29, 0.717) is 5.82 Å². The molecular formula is C18H19N3O. The van der Waals surface area contributed by atoms with Gasteiger partial charge < -0.3 is 16.2 Å². The van der Waals surface area contributed by atoms with Crippen LogP contribution in [-0.4, -0.2) is 4.98 Å². The first-order valence-corrected chi connectivity index (χ1v) is 7.15. The fourth-order valence-corrected chi connectivity index (χ4v) is 2.54. The number of aromatic nitrogens is 1. The lowest BCUT2D eigenvalue weighted by Crippen LogP contribution is -2.25. The molecule has 0 aliphatic carbocycles. The van der Waals surface area contributed by atoms with Gasteiger partial charge in [0.2, 0.25) is 0 Å². The molecule has 0 aliphatic heterocycles. The Kier molecular flexibility index (Phi) is 3.37. The highest BCUT2D eigenvalue weighted by Gasteiger charge is 2.24. The first-order chi connectivity index (χ1) is 10.5. The number of nitrogen functional groups attached to an aromatic ring is 2. The van der Waals surface area contributed by atoms with Crippen molar-refractivity contribution < 1.29 is 4.74 Å². The smallest absolute Gasteiger partial charge is 0.129 e. The van der Waals surface area contributed by atoms with E-state index in [1.165, 1.54) is 0 Å². The van der Waals surface area contributed by atoms with Crippen molar-refractivity contribution in [3.05, 3.63) is 60.3 Å². The average Bonchev–Trinajstić information content (AvgIpc) is 2.50. The molecule has 112 valence electrons. The molecule has 0 saturated heterocycles. The van der Waals surface area contributed by atoms with Crippen molar-refractivity contribution in [3.63, 3.8) is 0 Å². The van der Waals surface area contributed by atoms with Crippen molar-refractivity contribution >= 4 is 22.3 Å². The monoisotopic (exact) mass is 293 g/mol. The number of fused-ring (bicyclic) bond motifs is 1. The average molecular weight is 293 g/mol. The van der Waals surface area contributed by atoms with Crippen LogP contribution in [0, 0.1) is 0 Å². The van der Waals surface area contributed by atoms with Crippen molar-refractivity contribution in [2.75, 3.05) is 11.5 Å². The van der Waals surface area contributed by atoms with E-state index >= 15 is 0 Å². The fourth-order valence-electron chi connectivity index (χ4n) is 2.54. The van der Waals surface area contributed by atoms with Crippen LogP contribution in [0.5, 0.6) is 5.75 Å². The molecule has 3 rings (SSSR count). The molecule has 0 spiro atoms. The Morgan fingerprint density at radius 2 is 1.68 bits per heavy atom. The normalized spacial score (nSPS) is 11.5. The number of pyridine rings is 1. The van der Waals surface area contributed by atoms with Crippen LogP contribution >= 0.6 is 0 Å². The van der Waals surface area contributed by atoms with E-state index in [9.17, 15) is 0 Å².